The first-order valence-corrected chi connectivity index (χ1v) is 5.46. The van der Waals surface area contributed by atoms with E-state index in [4.69, 9.17) is 0 Å². The molecule has 7 nitrogen and oxygen atoms in total. The first-order valence-electron chi connectivity index (χ1n) is 5.46. The highest BCUT2D eigenvalue weighted by Gasteiger charge is 2.23. The topological polar surface area (TPSA) is 86.1 Å². The minimum atomic E-state index is -0.578. The van der Waals surface area contributed by atoms with Crippen molar-refractivity contribution < 1.29 is 14.3 Å². The van der Waals surface area contributed by atoms with Crippen molar-refractivity contribution in [3.63, 3.8) is 0 Å². The normalized spacial score (nSPS) is 14.4. The minimum absolute atomic E-state index is 0.00242. The molecule has 1 N–H and O–H groups in total. The van der Waals surface area contributed by atoms with Crippen molar-refractivity contribution in [1.82, 2.24) is 20.1 Å². The molecule has 0 atom stereocenters. The molecule has 17 heavy (non-hydrogen) atoms. The second-order valence-corrected chi connectivity index (χ2v) is 3.91. The van der Waals surface area contributed by atoms with E-state index >= 15 is 0 Å². The van der Waals surface area contributed by atoms with Crippen LogP contribution in [0, 0.1) is 0 Å². The Kier molecular flexibility index (Phi) is 3.36. The Morgan fingerprint density at radius 3 is 3.00 bits per heavy atom. The Morgan fingerprint density at radius 2 is 2.35 bits per heavy atom. The molecule has 2 rings (SSSR count). The molecule has 0 aromatic carbocycles. The van der Waals surface area contributed by atoms with Gasteiger partial charge in [0.1, 0.15) is 6.33 Å². The lowest BCUT2D eigenvalue weighted by Crippen LogP contribution is -2.26. The van der Waals surface area contributed by atoms with E-state index in [-0.39, 0.29) is 11.7 Å². The van der Waals surface area contributed by atoms with E-state index in [1.807, 2.05) is 0 Å². The molecule has 0 bridgehead atoms. The SMILES string of the molecule is COC(=O)c1ncn(CCC(=O)NC2CC2)n1. The monoisotopic (exact) mass is 238 g/mol. The highest BCUT2D eigenvalue weighted by molar-refractivity contribution is 5.84. The predicted octanol–water partition coefficient (Wildman–Crippen LogP) is -0.267. The smallest absolute Gasteiger partial charge is 0.377 e. The van der Waals surface area contributed by atoms with Gasteiger partial charge in [0.05, 0.1) is 13.7 Å². The van der Waals surface area contributed by atoms with Gasteiger partial charge in [0.2, 0.25) is 5.91 Å². The second kappa shape index (κ2) is 4.94. The maximum atomic E-state index is 11.4. The zero-order valence-corrected chi connectivity index (χ0v) is 9.55. The summed E-state index contributed by atoms with van der Waals surface area (Å²) in [6, 6.07) is 0.365. The van der Waals surface area contributed by atoms with Gasteiger partial charge in [0, 0.05) is 12.5 Å². The zero-order chi connectivity index (χ0) is 12.3. The molecule has 1 aromatic rings. The number of carbonyl (C=O) groups is 2. The maximum Gasteiger partial charge on any atom is 0.377 e. The van der Waals surface area contributed by atoms with Gasteiger partial charge in [-0.05, 0) is 12.8 Å². The standard InChI is InChI=1S/C10H14N4O3/c1-17-10(16)9-11-6-14(13-9)5-4-8(15)12-7-2-3-7/h6-7H,2-5H2,1H3,(H,12,15). The summed E-state index contributed by atoms with van der Waals surface area (Å²) < 4.78 is 5.94. The Morgan fingerprint density at radius 1 is 1.59 bits per heavy atom. The Bertz CT molecular complexity index is 425. The Labute approximate surface area is 98.2 Å². The quantitative estimate of drug-likeness (QED) is 0.714. The number of methoxy groups -OCH3 is 1. The van der Waals surface area contributed by atoms with Crippen molar-refractivity contribution in [2.75, 3.05) is 7.11 Å². The number of hydrogen-bond donors (Lipinski definition) is 1. The van der Waals surface area contributed by atoms with Gasteiger partial charge in [0.25, 0.3) is 5.82 Å². The van der Waals surface area contributed by atoms with Crippen molar-refractivity contribution in [3.8, 4) is 0 Å². The van der Waals surface area contributed by atoms with Crippen LogP contribution in [0.25, 0.3) is 0 Å². The molecule has 0 saturated heterocycles. The van der Waals surface area contributed by atoms with Gasteiger partial charge in [-0.3, -0.25) is 9.48 Å². The molecule has 0 aliphatic heterocycles. The number of nitrogens with zero attached hydrogens (tertiary/aromatic N) is 3. The van der Waals surface area contributed by atoms with Crippen LogP contribution < -0.4 is 5.32 Å². The lowest BCUT2D eigenvalue weighted by atomic mass is 10.4. The van der Waals surface area contributed by atoms with E-state index in [2.05, 4.69) is 20.1 Å². The van der Waals surface area contributed by atoms with Gasteiger partial charge in [-0.15, -0.1) is 5.10 Å². The van der Waals surface area contributed by atoms with E-state index in [1.54, 1.807) is 0 Å². The number of ether oxygens (including phenoxy) is 1. The van der Waals surface area contributed by atoms with Gasteiger partial charge in [-0.1, -0.05) is 0 Å². The first kappa shape index (κ1) is 11.6. The third-order valence-electron chi connectivity index (χ3n) is 2.41. The molecular formula is C10H14N4O3. The van der Waals surface area contributed by atoms with Gasteiger partial charge >= 0.3 is 5.97 Å². The van der Waals surface area contributed by atoms with Gasteiger partial charge in [-0.25, -0.2) is 9.78 Å². The van der Waals surface area contributed by atoms with Gasteiger partial charge in [0.15, 0.2) is 0 Å². The number of amides is 1. The summed E-state index contributed by atoms with van der Waals surface area (Å²) in [4.78, 5) is 26.3. The van der Waals surface area contributed by atoms with Crippen LogP contribution in [-0.2, 0) is 16.1 Å². The number of esters is 1. The minimum Gasteiger partial charge on any atom is -0.463 e. The van der Waals surface area contributed by atoms with E-state index in [0.717, 1.165) is 12.8 Å². The molecule has 1 heterocycles. The molecule has 0 spiro atoms. The Hall–Kier alpha value is -1.92. The molecule has 1 amide bonds. The second-order valence-electron chi connectivity index (χ2n) is 3.91. The van der Waals surface area contributed by atoms with Crippen molar-refractivity contribution in [2.24, 2.45) is 0 Å². The van der Waals surface area contributed by atoms with E-state index in [0.29, 0.717) is 19.0 Å². The van der Waals surface area contributed by atoms with Gasteiger partial charge < -0.3 is 10.1 Å². The summed E-state index contributed by atoms with van der Waals surface area (Å²) in [6.45, 7) is 0.405. The van der Waals surface area contributed by atoms with E-state index < -0.39 is 5.97 Å². The number of rotatable bonds is 5. The number of aryl methyl sites for hydroxylation is 1. The summed E-state index contributed by atoms with van der Waals surface area (Å²) in [5, 5.41) is 6.77. The molecule has 0 radical (unpaired) electrons. The highest BCUT2D eigenvalue weighted by Crippen LogP contribution is 2.18. The van der Waals surface area contributed by atoms with Crippen LogP contribution in [0.15, 0.2) is 6.33 Å². The molecule has 1 fully saturated rings. The molecule has 7 heteroatoms. The maximum absolute atomic E-state index is 11.4. The third kappa shape index (κ3) is 3.27. The van der Waals surface area contributed by atoms with Gasteiger partial charge in [-0.2, -0.15) is 0 Å². The average molecular weight is 238 g/mol. The van der Waals surface area contributed by atoms with Crippen LogP contribution in [0.1, 0.15) is 29.9 Å². The summed E-state index contributed by atoms with van der Waals surface area (Å²) in [6.07, 6.45) is 3.89. The third-order valence-corrected chi connectivity index (χ3v) is 2.41. The summed E-state index contributed by atoms with van der Waals surface area (Å²) in [5.74, 6) is -0.566. The molecule has 92 valence electrons. The lowest BCUT2D eigenvalue weighted by molar-refractivity contribution is -0.121. The van der Waals surface area contributed by atoms with Crippen molar-refractivity contribution in [3.05, 3.63) is 12.2 Å². The molecule has 1 aromatic heterocycles. The largest absolute Gasteiger partial charge is 0.463 e. The van der Waals surface area contributed by atoms with Crippen LogP contribution in [0.3, 0.4) is 0 Å². The number of hydrogen-bond acceptors (Lipinski definition) is 5. The van der Waals surface area contributed by atoms with E-state index in [9.17, 15) is 9.59 Å². The average Bonchev–Trinajstić information content (AvgIpc) is 3.00. The Balaban J connectivity index is 1.79. The fourth-order valence-electron chi connectivity index (χ4n) is 1.33. The fraction of sp³-hybridized carbons (Fsp3) is 0.600. The fourth-order valence-corrected chi connectivity index (χ4v) is 1.33. The van der Waals surface area contributed by atoms with Crippen LogP contribution in [0.4, 0.5) is 0 Å². The van der Waals surface area contributed by atoms with Crippen LogP contribution in [0.2, 0.25) is 0 Å². The number of carbonyl (C=O) groups excluding carboxylic acids is 2. The molecule has 1 saturated carbocycles. The van der Waals surface area contributed by atoms with Crippen LogP contribution in [0.5, 0.6) is 0 Å². The molecule has 1 aliphatic rings. The molecule has 0 unspecified atom stereocenters. The summed E-state index contributed by atoms with van der Waals surface area (Å²) in [5.41, 5.74) is 0. The predicted molar refractivity (Wildman–Crippen MR) is 57.1 cm³/mol. The van der Waals surface area contributed by atoms with Crippen molar-refractivity contribution in [1.29, 1.82) is 0 Å². The summed E-state index contributed by atoms with van der Waals surface area (Å²) in [7, 11) is 1.27. The number of nitrogens with one attached hydrogen (secondary N) is 1. The van der Waals surface area contributed by atoms with Crippen molar-refractivity contribution >= 4 is 11.9 Å². The molecule has 1 aliphatic carbocycles. The first-order chi connectivity index (χ1) is 8.19. The lowest BCUT2D eigenvalue weighted by Gasteiger charge is -2.02. The highest BCUT2D eigenvalue weighted by atomic mass is 16.5. The van der Waals surface area contributed by atoms with Crippen LogP contribution >= 0.6 is 0 Å². The number of aromatic nitrogens is 3. The molecular weight excluding hydrogens is 224 g/mol. The van der Waals surface area contributed by atoms with Crippen LogP contribution in [-0.4, -0.2) is 39.8 Å². The summed E-state index contributed by atoms with van der Waals surface area (Å²) >= 11 is 0. The van der Waals surface area contributed by atoms with Crippen molar-refractivity contribution in [2.45, 2.75) is 31.8 Å². The zero-order valence-electron chi connectivity index (χ0n) is 9.55. The van der Waals surface area contributed by atoms with E-state index in [1.165, 1.54) is 18.1 Å².